The van der Waals surface area contributed by atoms with Crippen LogP contribution in [0.1, 0.15) is 73.9 Å². The second-order valence-electron chi connectivity index (χ2n) is 11.4. The van der Waals surface area contributed by atoms with Gasteiger partial charge >= 0.3 is 6.09 Å². The molecule has 1 aliphatic carbocycles. The van der Waals surface area contributed by atoms with Crippen LogP contribution in [0.15, 0.2) is 36.4 Å². The maximum Gasteiger partial charge on any atom is 0.408 e. The van der Waals surface area contributed by atoms with Crippen molar-refractivity contribution in [3.63, 3.8) is 0 Å². The quantitative estimate of drug-likeness (QED) is 0.364. The Bertz CT molecular complexity index is 1160. The molecule has 0 saturated heterocycles. The number of hydrogen-bond donors (Lipinski definition) is 2. The van der Waals surface area contributed by atoms with E-state index in [-0.39, 0.29) is 17.9 Å². The lowest BCUT2D eigenvalue weighted by Crippen LogP contribution is -2.53. The standard InChI is InChI=1S/C31H43N3O4S/c1-19-11-9-12-20(2)25(19)27(28(35)33-26-21(3)13-10-14-22(26)4)34(23-15-16-23)29(36)24(17-18-39-8)32-30(37)38-31(5,6)7/h9-14,23-24,27H,15-18H2,1-8H3,(H,32,37)(H,33,35). The molecular weight excluding hydrogens is 510 g/mol. The molecule has 2 unspecified atom stereocenters. The molecule has 0 aromatic heterocycles. The van der Waals surface area contributed by atoms with Gasteiger partial charge in [-0.25, -0.2) is 4.79 Å². The van der Waals surface area contributed by atoms with Gasteiger partial charge in [0.05, 0.1) is 0 Å². The topological polar surface area (TPSA) is 87.7 Å². The maximum atomic E-state index is 14.3. The molecule has 2 atom stereocenters. The minimum absolute atomic E-state index is 0.0811. The normalized spacial score (nSPS) is 14.8. The fourth-order valence-electron chi connectivity index (χ4n) is 4.85. The average Bonchev–Trinajstić information content (AvgIpc) is 3.67. The van der Waals surface area contributed by atoms with Crippen molar-refractivity contribution < 1.29 is 19.1 Å². The number of benzene rings is 2. The zero-order chi connectivity index (χ0) is 28.9. The van der Waals surface area contributed by atoms with Crippen LogP contribution in [0.3, 0.4) is 0 Å². The maximum absolute atomic E-state index is 14.3. The van der Waals surface area contributed by atoms with Gasteiger partial charge in [0.25, 0.3) is 5.91 Å². The Labute approximate surface area is 237 Å². The van der Waals surface area contributed by atoms with Gasteiger partial charge in [-0.1, -0.05) is 36.4 Å². The van der Waals surface area contributed by atoms with Gasteiger partial charge in [0.2, 0.25) is 5.91 Å². The van der Waals surface area contributed by atoms with E-state index in [0.717, 1.165) is 46.3 Å². The first-order valence-electron chi connectivity index (χ1n) is 13.6. The molecular formula is C31H43N3O4S. The number of rotatable bonds is 10. The number of nitrogens with zero attached hydrogens (tertiary/aromatic N) is 1. The molecule has 0 spiro atoms. The van der Waals surface area contributed by atoms with Crippen LogP contribution >= 0.6 is 11.8 Å². The molecule has 212 valence electrons. The molecule has 3 rings (SSSR count). The van der Waals surface area contributed by atoms with E-state index in [0.29, 0.717) is 12.2 Å². The highest BCUT2D eigenvalue weighted by atomic mass is 32.2. The lowest BCUT2D eigenvalue weighted by atomic mass is 9.93. The van der Waals surface area contributed by atoms with E-state index >= 15 is 0 Å². The molecule has 0 bridgehead atoms. The Balaban J connectivity index is 2.06. The minimum Gasteiger partial charge on any atom is -0.444 e. The van der Waals surface area contributed by atoms with E-state index in [9.17, 15) is 14.4 Å². The van der Waals surface area contributed by atoms with Crippen molar-refractivity contribution in [1.29, 1.82) is 0 Å². The fourth-order valence-corrected chi connectivity index (χ4v) is 5.32. The summed E-state index contributed by atoms with van der Waals surface area (Å²) in [6.07, 6.45) is 3.38. The SMILES string of the molecule is CSCCC(NC(=O)OC(C)(C)C)C(=O)N(C1CC1)C(C(=O)Nc1c(C)cccc1C)c1c(C)cccc1C. The van der Waals surface area contributed by atoms with Crippen LogP contribution in [0.5, 0.6) is 0 Å². The van der Waals surface area contributed by atoms with Crippen molar-refractivity contribution in [1.82, 2.24) is 10.2 Å². The molecule has 1 aliphatic rings. The van der Waals surface area contributed by atoms with Crippen LogP contribution in [-0.4, -0.2) is 52.5 Å². The van der Waals surface area contributed by atoms with Crippen LogP contribution < -0.4 is 10.6 Å². The summed E-state index contributed by atoms with van der Waals surface area (Å²) < 4.78 is 5.48. The van der Waals surface area contributed by atoms with Gasteiger partial charge in [-0.3, -0.25) is 9.59 Å². The third kappa shape index (κ3) is 8.01. The summed E-state index contributed by atoms with van der Waals surface area (Å²) in [5, 5.41) is 5.97. The zero-order valence-electron chi connectivity index (χ0n) is 24.5. The number of amides is 3. The number of carbonyl (C=O) groups excluding carboxylic acids is 3. The molecule has 7 nitrogen and oxygen atoms in total. The molecule has 0 heterocycles. The number of nitrogens with one attached hydrogen (secondary N) is 2. The van der Waals surface area contributed by atoms with Crippen LogP contribution in [0.4, 0.5) is 10.5 Å². The lowest BCUT2D eigenvalue weighted by Gasteiger charge is -2.36. The van der Waals surface area contributed by atoms with Crippen LogP contribution in [0.2, 0.25) is 0 Å². The summed E-state index contributed by atoms with van der Waals surface area (Å²) >= 11 is 1.60. The zero-order valence-corrected chi connectivity index (χ0v) is 25.3. The molecule has 2 aromatic rings. The molecule has 1 saturated carbocycles. The molecule has 39 heavy (non-hydrogen) atoms. The molecule has 1 fully saturated rings. The summed E-state index contributed by atoms with van der Waals surface area (Å²) in [7, 11) is 0. The number of aryl methyl sites for hydroxylation is 4. The number of anilines is 1. The van der Waals surface area contributed by atoms with Crippen molar-refractivity contribution in [3.05, 3.63) is 64.2 Å². The molecule has 0 radical (unpaired) electrons. The minimum atomic E-state index is -0.845. The van der Waals surface area contributed by atoms with Crippen molar-refractivity contribution in [2.24, 2.45) is 0 Å². The summed E-state index contributed by atoms with van der Waals surface area (Å²) in [5.74, 6) is 0.153. The van der Waals surface area contributed by atoms with E-state index in [2.05, 4.69) is 10.6 Å². The third-order valence-electron chi connectivity index (χ3n) is 6.87. The fraction of sp³-hybridized carbons (Fsp3) is 0.516. The van der Waals surface area contributed by atoms with Gasteiger partial charge in [0.1, 0.15) is 17.7 Å². The van der Waals surface area contributed by atoms with Gasteiger partial charge in [-0.05, 0) is 108 Å². The van der Waals surface area contributed by atoms with Crippen LogP contribution in [-0.2, 0) is 14.3 Å². The Hall–Kier alpha value is -3.00. The predicted octanol–water partition coefficient (Wildman–Crippen LogP) is 6.24. The van der Waals surface area contributed by atoms with Gasteiger partial charge in [0.15, 0.2) is 0 Å². The van der Waals surface area contributed by atoms with Gasteiger partial charge in [-0.15, -0.1) is 0 Å². The van der Waals surface area contributed by atoms with Crippen molar-refractivity contribution in [3.8, 4) is 0 Å². The van der Waals surface area contributed by atoms with Crippen LogP contribution in [0, 0.1) is 27.7 Å². The van der Waals surface area contributed by atoms with Gasteiger partial charge in [-0.2, -0.15) is 11.8 Å². The van der Waals surface area contributed by atoms with Crippen molar-refractivity contribution in [2.75, 3.05) is 17.3 Å². The first-order chi connectivity index (χ1) is 18.3. The average molecular weight is 554 g/mol. The highest BCUT2D eigenvalue weighted by Crippen LogP contribution is 2.38. The number of carbonyl (C=O) groups is 3. The Morgan fingerprint density at radius 1 is 0.974 bits per heavy atom. The third-order valence-corrected chi connectivity index (χ3v) is 7.51. The molecule has 2 N–H and O–H groups in total. The molecule has 8 heteroatoms. The van der Waals surface area contributed by atoms with E-state index in [1.54, 1.807) is 37.4 Å². The highest BCUT2D eigenvalue weighted by molar-refractivity contribution is 7.98. The Kier molecular flexibility index (Phi) is 10.1. The number of para-hydroxylation sites is 1. The van der Waals surface area contributed by atoms with Gasteiger partial charge in [0, 0.05) is 11.7 Å². The highest BCUT2D eigenvalue weighted by Gasteiger charge is 2.45. The summed E-state index contributed by atoms with van der Waals surface area (Å²) in [6.45, 7) is 13.2. The lowest BCUT2D eigenvalue weighted by molar-refractivity contribution is -0.141. The second kappa shape index (κ2) is 12.9. The first-order valence-corrected chi connectivity index (χ1v) is 15.0. The molecule has 0 aliphatic heterocycles. The van der Waals surface area contributed by atoms with Crippen LogP contribution in [0.25, 0.3) is 0 Å². The number of hydrogen-bond acceptors (Lipinski definition) is 5. The van der Waals surface area contributed by atoms with E-state index < -0.39 is 23.8 Å². The number of alkyl carbamates (subject to hydrolysis) is 1. The number of ether oxygens (including phenoxy) is 1. The summed E-state index contributed by atoms with van der Waals surface area (Å²) in [6, 6.07) is 10.1. The van der Waals surface area contributed by atoms with E-state index in [4.69, 9.17) is 4.74 Å². The first kappa shape index (κ1) is 30.5. The van der Waals surface area contributed by atoms with Crippen molar-refractivity contribution in [2.45, 2.75) is 91.5 Å². The Morgan fingerprint density at radius 3 is 2.00 bits per heavy atom. The smallest absolute Gasteiger partial charge is 0.408 e. The largest absolute Gasteiger partial charge is 0.444 e. The van der Waals surface area contributed by atoms with E-state index in [1.807, 2.05) is 70.3 Å². The molecule has 3 amide bonds. The summed E-state index contributed by atoms with van der Waals surface area (Å²) in [5.41, 5.74) is 4.68. The number of thioether (sulfide) groups is 1. The van der Waals surface area contributed by atoms with Gasteiger partial charge < -0.3 is 20.3 Å². The van der Waals surface area contributed by atoms with E-state index in [1.165, 1.54) is 0 Å². The second-order valence-corrected chi connectivity index (χ2v) is 12.4. The predicted molar refractivity (Wildman–Crippen MR) is 159 cm³/mol. The molecule has 2 aromatic carbocycles. The monoisotopic (exact) mass is 553 g/mol. The summed E-state index contributed by atoms with van der Waals surface area (Å²) in [4.78, 5) is 43.0. The van der Waals surface area contributed by atoms with Crippen molar-refractivity contribution >= 4 is 35.4 Å². The Morgan fingerprint density at radius 2 is 1.51 bits per heavy atom.